The van der Waals surface area contributed by atoms with E-state index in [0.717, 1.165) is 0 Å². The van der Waals surface area contributed by atoms with Crippen molar-refractivity contribution in [1.82, 2.24) is 0 Å². The molecule has 3 N–H and O–H groups in total. The molecular formula is C6H8O4. The fourth-order valence-electron chi connectivity index (χ4n) is 0.663. The second kappa shape index (κ2) is 2.72. The first-order valence-corrected chi connectivity index (χ1v) is 2.81. The van der Waals surface area contributed by atoms with Crippen LogP contribution < -0.4 is 0 Å². The summed E-state index contributed by atoms with van der Waals surface area (Å²) in [5.41, 5.74) is 0.211. The fourth-order valence-corrected chi connectivity index (χ4v) is 0.663. The van der Waals surface area contributed by atoms with Gasteiger partial charge in [0, 0.05) is 0 Å². The van der Waals surface area contributed by atoms with Gasteiger partial charge in [-0.25, -0.2) is 0 Å². The van der Waals surface area contributed by atoms with E-state index >= 15 is 0 Å². The van der Waals surface area contributed by atoms with Crippen molar-refractivity contribution < 1.29 is 19.7 Å². The Hall–Kier alpha value is -1.00. The van der Waals surface area contributed by atoms with Gasteiger partial charge in [0.05, 0.1) is 18.4 Å². The topological polar surface area (TPSA) is 73.8 Å². The molecule has 0 radical (unpaired) electrons. The summed E-state index contributed by atoms with van der Waals surface area (Å²) in [5, 5.41) is 26.2. The number of rotatable bonds is 2. The standard InChI is InChI=1S/C6H8O4/c7-3-5(8)4-1-2-10-6(4)9/h1-2,5,7-9H,3H2. The van der Waals surface area contributed by atoms with Gasteiger partial charge in [-0.05, 0) is 6.07 Å². The van der Waals surface area contributed by atoms with E-state index in [9.17, 15) is 0 Å². The summed E-state index contributed by atoms with van der Waals surface area (Å²) < 4.78 is 4.47. The average molecular weight is 144 g/mol. The molecule has 1 aromatic heterocycles. The Balaban J connectivity index is 2.82. The first kappa shape index (κ1) is 7.11. The Bertz CT molecular complexity index is 205. The number of hydrogen-bond acceptors (Lipinski definition) is 4. The van der Waals surface area contributed by atoms with Crippen LogP contribution in [0.2, 0.25) is 0 Å². The number of furan rings is 1. The van der Waals surface area contributed by atoms with Crippen LogP contribution in [0.25, 0.3) is 0 Å². The van der Waals surface area contributed by atoms with Crippen LogP contribution in [0.15, 0.2) is 16.7 Å². The molecule has 10 heavy (non-hydrogen) atoms. The zero-order chi connectivity index (χ0) is 7.56. The summed E-state index contributed by atoms with van der Waals surface area (Å²) in [6, 6.07) is 1.40. The van der Waals surface area contributed by atoms with E-state index in [1.165, 1.54) is 12.3 Å². The highest BCUT2D eigenvalue weighted by Gasteiger charge is 2.12. The van der Waals surface area contributed by atoms with Gasteiger partial charge in [-0.2, -0.15) is 0 Å². The van der Waals surface area contributed by atoms with Crippen LogP contribution in [-0.4, -0.2) is 21.9 Å². The molecule has 0 fully saturated rings. The van der Waals surface area contributed by atoms with E-state index in [1.807, 2.05) is 0 Å². The van der Waals surface area contributed by atoms with Crippen molar-refractivity contribution in [2.24, 2.45) is 0 Å². The van der Waals surface area contributed by atoms with Crippen LogP contribution in [-0.2, 0) is 0 Å². The molecular weight excluding hydrogens is 136 g/mol. The predicted octanol–water partition coefficient (Wildman–Crippen LogP) is 0.0109. The van der Waals surface area contributed by atoms with Gasteiger partial charge >= 0.3 is 0 Å². The van der Waals surface area contributed by atoms with Gasteiger partial charge in [-0.1, -0.05) is 0 Å². The third-order valence-corrected chi connectivity index (χ3v) is 1.21. The van der Waals surface area contributed by atoms with Crippen LogP contribution in [0.5, 0.6) is 5.95 Å². The molecule has 0 saturated carbocycles. The van der Waals surface area contributed by atoms with Crippen molar-refractivity contribution in [3.8, 4) is 5.95 Å². The molecule has 0 aromatic carbocycles. The summed E-state index contributed by atoms with van der Waals surface area (Å²) in [6.07, 6.45) is 0.183. The predicted molar refractivity (Wildman–Crippen MR) is 32.4 cm³/mol. The highest BCUT2D eigenvalue weighted by atomic mass is 16.5. The molecule has 56 valence electrons. The van der Waals surface area contributed by atoms with E-state index in [0.29, 0.717) is 0 Å². The molecule has 1 unspecified atom stereocenters. The minimum Gasteiger partial charge on any atom is -0.480 e. The van der Waals surface area contributed by atoms with E-state index in [-0.39, 0.29) is 11.5 Å². The molecule has 0 aliphatic carbocycles. The third-order valence-electron chi connectivity index (χ3n) is 1.21. The highest BCUT2D eigenvalue weighted by Crippen LogP contribution is 2.23. The monoisotopic (exact) mass is 144 g/mol. The maximum Gasteiger partial charge on any atom is 0.287 e. The van der Waals surface area contributed by atoms with Gasteiger partial charge in [0.25, 0.3) is 5.95 Å². The number of hydrogen-bond donors (Lipinski definition) is 3. The van der Waals surface area contributed by atoms with E-state index < -0.39 is 12.7 Å². The Morgan fingerprint density at radius 1 is 1.60 bits per heavy atom. The van der Waals surface area contributed by atoms with Crippen LogP contribution in [0.1, 0.15) is 11.7 Å². The third kappa shape index (κ3) is 1.12. The zero-order valence-electron chi connectivity index (χ0n) is 5.19. The van der Waals surface area contributed by atoms with Crippen molar-refractivity contribution in [2.75, 3.05) is 6.61 Å². The van der Waals surface area contributed by atoms with Crippen LogP contribution in [0, 0.1) is 0 Å². The maximum absolute atomic E-state index is 8.93. The summed E-state index contributed by atoms with van der Waals surface area (Å²) in [7, 11) is 0. The lowest BCUT2D eigenvalue weighted by Crippen LogP contribution is -2.00. The van der Waals surface area contributed by atoms with Gasteiger partial charge in [-0.3, -0.25) is 0 Å². The molecule has 0 saturated heterocycles. The van der Waals surface area contributed by atoms with E-state index in [4.69, 9.17) is 15.3 Å². The molecule has 1 aromatic rings. The molecule has 4 heteroatoms. The summed E-state index contributed by atoms with van der Waals surface area (Å²) in [4.78, 5) is 0. The molecule has 1 atom stereocenters. The van der Waals surface area contributed by atoms with Gasteiger partial charge in [0.1, 0.15) is 6.10 Å². The first-order valence-electron chi connectivity index (χ1n) is 2.81. The minimum absolute atomic E-state index is 0.211. The zero-order valence-corrected chi connectivity index (χ0v) is 5.19. The lowest BCUT2D eigenvalue weighted by atomic mass is 10.2. The SMILES string of the molecule is OCC(O)c1ccoc1O. The quantitative estimate of drug-likeness (QED) is 0.546. The van der Waals surface area contributed by atoms with Crippen LogP contribution in [0.4, 0.5) is 0 Å². The molecule has 1 rings (SSSR count). The minimum atomic E-state index is -1.06. The van der Waals surface area contributed by atoms with Crippen molar-refractivity contribution in [3.63, 3.8) is 0 Å². The van der Waals surface area contributed by atoms with Crippen molar-refractivity contribution in [3.05, 3.63) is 17.9 Å². The number of aliphatic hydroxyl groups is 2. The molecule has 0 aliphatic rings. The second-order valence-electron chi connectivity index (χ2n) is 1.88. The number of aromatic hydroxyl groups is 1. The molecule has 4 nitrogen and oxygen atoms in total. The smallest absolute Gasteiger partial charge is 0.287 e. The molecule has 0 spiro atoms. The fraction of sp³-hybridized carbons (Fsp3) is 0.333. The van der Waals surface area contributed by atoms with Gasteiger partial charge in [0.2, 0.25) is 0 Å². The molecule has 1 heterocycles. The Kier molecular flexibility index (Phi) is 1.94. The van der Waals surface area contributed by atoms with Gasteiger partial charge in [-0.15, -0.1) is 0 Å². The van der Waals surface area contributed by atoms with Crippen molar-refractivity contribution in [2.45, 2.75) is 6.10 Å². The van der Waals surface area contributed by atoms with Crippen LogP contribution >= 0.6 is 0 Å². The van der Waals surface area contributed by atoms with Crippen molar-refractivity contribution in [1.29, 1.82) is 0 Å². The summed E-state index contributed by atoms with van der Waals surface area (Å²) >= 11 is 0. The second-order valence-corrected chi connectivity index (χ2v) is 1.88. The summed E-state index contributed by atoms with van der Waals surface area (Å²) in [5.74, 6) is -0.346. The van der Waals surface area contributed by atoms with Gasteiger partial charge < -0.3 is 19.7 Å². The Morgan fingerprint density at radius 2 is 2.30 bits per heavy atom. The highest BCUT2D eigenvalue weighted by molar-refractivity contribution is 5.23. The molecule has 0 bridgehead atoms. The lowest BCUT2D eigenvalue weighted by Gasteiger charge is -2.01. The van der Waals surface area contributed by atoms with Crippen LogP contribution in [0.3, 0.4) is 0 Å². The maximum atomic E-state index is 8.93. The first-order chi connectivity index (χ1) is 4.75. The van der Waals surface area contributed by atoms with E-state index in [1.54, 1.807) is 0 Å². The number of aliphatic hydroxyl groups excluding tert-OH is 2. The molecule has 0 aliphatic heterocycles. The average Bonchev–Trinajstić information content (AvgIpc) is 2.34. The van der Waals surface area contributed by atoms with Gasteiger partial charge in [0.15, 0.2) is 0 Å². The lowest BCUT2D eigenvalue weighted by molar-refractivity contribution is 0.0917. The Labute approximate surface area is 57.3 Å². The van der Waals surface area contributed by atoms with Crippen molar-refractivity contribution >= 4 is 0 Å². The molecule has 0 amide bonds. The Morgan fingerprint density at radius 3 is 2.70 bits per heavy atom. The largest absolute Gasteiger partial charge is 0.480 e. The van der Waals surface area contributed by atoms with E-state index in [2.05, 4.69) is 4.42 Å². The summed E-state index contributed by atoms with van der Waals surface area (Å²) in [6.45, 7) is -0.424. The normalized spacial score (nSPS) is 13.4.